The summed E-state index contributed by atoms with van der Waals surface area (Å²) in [5, 5.41) is 2.83. The molecule has 1 aliphatic rings. The van der Waals surface area contributed by atoms with E-state index in [1.54, 1.807) is 37.4 Å². The number of nitrogens with one attached hydrogen (secondary N) is 1. The molecule has 180 valence electrons. The lowest BCUT2D eigenvalue weighted by Crippen LogP contribution is -2.41. The van der Waals surface area contributed by atoms with Crippen molar-refractivity contribution in [1.29, 1.82) is 0 Å². The topological polar surface area (TPSA) is 92.5 Å². The quantitative estimate of drug-likeness (QED) is 0.556. The number of halogens is 3. The van der Waals surface area contributed by atoms with Gasteiger partial charge in [0.05, 0.1) is 16.7 Å². The van der Waals surface area contributed by atoms with Gasteiger partial charge in [-0.2, -0.15) is 17.5 Å². The molecule has 7 nitrogen and oxygen atoms in total. The van der Waals surface area contributed by atoms with Crippen LogP contribution in [0, 0.1) is 12.8 Å². The van der Waals surface area contributed by atoms with Crippen LogP contribution in [-0.4, -0.2) is 36.7 Å². The minimum Gasteiger partial charge on any atom is -0.441 e. The van der Waals surface area contributed by atoms with Crippen LogP contribution in [0.3, 0.4) is 0 Å². The number of benzene rings is 2. The molecule has 1 fully saturated rings. The van der Waals surface area contributed by atoms with Crippen LogP contribution in [0.5, 0.6) is 0 Å². The van der Waals surface area contributed by atoms with Gasteiger partial charge in [0.2, 0.25) is 15.9 Å². The van der Waals surface area contributed by atoms with Crippen LogP contribution in [-0.2, 0) is 21.0 Å². The predicted octanol–water partition coefficient (Wildman–Crippen LogP) is 4.71. The highest BCUT2D eigenvalue weighted by Gasteiger charge is 2.35. The van der Waals surface area contributed by atoms with E-state index in [1.807, 2.05) is 0 Å². The van der Waals surface area contributed by atoms with E-state index in [9.17, 15) is 26.4 Å². The SMILES string of the molecule is Cc1ncc(-c2ccc(NC(=O)C3CCN(S(=O)(=O)c4cccc(C(F)(F)F)c4)CC3)cc2)o1. The first-order valence-electron chi connectivity index (χ1n) is 10.6. The Morgan fingerprint density at radius 3 is 2.38 bits per heavy atom. The monoisotopic (exact) mass is 493 g/mol. The molecule has 11 heteroatoms. The van der Waals surface area contributed by atoms with Crippen LogP contribution in [0.2, 0.25) is 0 Å². The molecule has 0 atom stereocenters. The Hall–Kier alpha value is -3.18. The first-order chi connectivity index (χ1) is 16.0. The Bertz CT molecular complexity index is 1280. The second kappa shape index (κ2) is 9.22. The number of anilines is 1. The minimum absolute atomic E-state index is 0.0421. The number of sulfonamides is 1. The van der Waals surface area contributed by atoms with Gasteiger partial charge in [-0.1, -0.05) is 6.07 Å². The lowest BCUT2D eigenvalue weighted by Gasteiger charge is -2.30. The van der Waals surface area contributed by atoms with Crippen LogP contribution in [0.15, 0.2) is 64.0 Å². The van der Waals surface area contributed by atoms with Crippen LogP contribution in [0.25, 0.3) is 11.3 Å². The Labute approximate surface area is 194 Å². The van der Waals surface area contributed by atoms with Crippen LogP contribution >= 0.6 is 0 Å². The summed E-state index contributed by atoms with van der Waals surface area (Å²) in [6, 6.07) is 10.7. The summed E-state index contributed by atoms with van der Waals surface area (Å²) in [7, 11) is -4.09. The number of alkyl halides is 3. The molecule has 0 radical (unpaired) electrons. The van der Waals surface area contributed by atoms with Gasteiger partial charge in [-0.15, -0.1) is 0 Å². The molecule has 0 unspecified atom stereocenters. The van der Waals surface area contributed by atoms with Crippen LogP contribution < -0.4 is 5.32 Å². The number of carbonyl (C=O) groups excluding carboxylic acids is 1. The summed E-state index contributed by atoms with van der Waals surface area (Å²) in [5.41, 5.74) is 0.378. The number of carbonyl (C=O) groups is 1. The number of hydrogen-bond donors (Lipinski definition) is 1. The van der Waals surface area contributed by atoms with E-state index in [2.05, 4.69) is 10.3 Å². The van der Waals surface area contributed by atoms with Crippen molar-refractivity contribution in [3.8, 4) is 11.3 Å². The van der Waals surface area contributed by atoms with Crippen molar-refractivity contribution < 1.29 is 30.8 Å². The predicted molar refractivity (Wildman–Crippen MR) is 118 cm³/mol. The molecule has 1 saturated heterocycles. The molecule has 1 aliphatic heterocycles. The third kappa shape index (κ3) is 5.15. The van der Waals surface area contributed by atoms with Gasteiger partial charge in [0.25, 0.3) is 0 Å². The first kappa shape index (κ1) is 24.0. The normalized spacial score (nSPS) is 15.9. The fourth-order valence-corrected chi connectivity index (χ4v) is 5.31. The maximum Gasteiger partial charge on any atom is 0.416 e. The molecule has 2 aromatic carbocycles. The van der Waals surface area contributed by atoms with Crippen molar-refractivity contribution in [3.05, 3.63) is 66.2 Å². The van der Waals surface area contributed by atoms with Crippen molar-refractivity contribution in [2.24, 2.45) is 5.92 Å². The number of oxazole rings is 1. The summed E-state index contributed by atoms with van der Waals surface area (Å²) in [6.45, 7) is 1.83. The number of hydrogen-bond acceptors (Lipinski definition) is 5. The standard InChI is InChI=1S/C23H22F3N3O4S/c1-15-27-14-21(33-15)16-5-7-19(8-6-16)28-22(30)17-9-11-29(12-10-17)34(31,32)20-4-2-3-18(13-20)23(24,25)26/h2-8,13-14,17H,9-12H2,1H3,(H,28,30). The van der Waals surface area contributed by atoms with Crippen LogP contribution in [0.4, 0.5) is 18.9 Å². The molecule has 34 heavy (non-hydrogen) atoms. The minimum atomic E-state index is -4.64. The van der Waals surface area contributed by atoms with Crippen molar-refractivity contribution in [3.63, 3.8) is 0 Å². The molecule has 0 aliphatic carbocycles. The first-order valence-corrected chi connectivity index (χ1v) is 12.0. The molecular formula is C23H22F3N3O4S. The molecule has 1 N–H and O–H groups in total. The van der Waals surface area contributed by atoms with Crippen molar-refractivity contribution in [1.82, 2.24) is 9.29 Å². The molecule has 1 amide bonds. The summed E-state index contributed by atoms with van der Waals surface area (Å²) in [4.78, 5) is 16.3. The molecule has 3 aromatic rings. The summed E-state index contributed by atoms with van der Waals surface area (Å²) in [5.74, 6) is 0.516. The van der Waals surface area contributed by atoms with Gasteiger partial charge in [-0.05, 0) is 55.3 Å². The van der Waals surface area contributed by atoms with E-state index in [0.29, 0.717) is 23.4 Å². The number of rotatable bonds is 5. The highest BCUT2D eigenvalue weighted by molar-refractivity contribution is 7.89. The largest absolute Gasteiger partial charge is 0.441 e. The highest BCUT2D eigenvalue weighted by Crippen LogP contribution is 2.32. The number of aryl methyl sites for hydroxylation is 1. The fraction of sp³-hybridized carbons (Fsp3) is 0.304. The second-order valence-corrected chi connectivity index (χ2v) is 9.95. The number of nitrogens with zero attached hydrogens (tertiary/aromatic N) is 2. The molecule has 0 saturated carbocycles. The second-order valence-electron chi connectivity index (χ2n) is 8.01. The Morgan fingerprint density at radius 2 is 1.79 bits per heavy atom. The van der Waals surface area contributed by atoms with Crippen LogP contribution in [0.1, 0.15) is 24.3 Å². The lowest BCUT2D eigenvalue weighted by atomic mass is 9.97. The molecule has 1 aromatic heterocycles. The molecule has 0 spiro atoms. The maximum absolute atomic E-state index is 13.0. The van der Waals surface area contributed by atoms with E-state index in [4.69, 9.17) is 4.42 Å². The van der Waals surface area contributed by atoms with Crippen molar-refractivity contribution in [2.75, 3.05) is 18.4 Å². The van der Waals surface area contributed by atoms with E-state index < -0.39 is 32.6 Å². The van der Waals surface area contributed by atoms with Crippen molar-refractivity contribution >= 4 is 21.6 Å². The molecule has 0 bridgehead atoms. The summed E-state index contributed by atoms with van der Waals surface area (Å²) < 4.78 is 71.2. The Morgan fingerprint density at radius 1 is 1.12 bits per heavy atom. The van der Waals surface area contributed by atoms with Gasteiger partial charge in [-0.3, -0.25) is 4.79 Å². The third-order valence-electron chi connectivity index (χ3n) is 5.68. The van der Waals surface area contributed by atoms with Gasteiger partial charge < -0.3 is 9.73 Å². The van der Waals surface area contributed by atoms with Gasteiger partial charge >= 0.3 is 6.18 Å². The molecule has 4 rings (SSSR count). The van der Waals surface area contributed by atoms with E-state index in [0.717, 1.165) is 28.1 Å². The number of piperidine rings is 1. The zero-order chi connectivity index (χ0) is 24.5. The average Bonchev–Trinajstić information content (AvgIpc) is 3.25. The van der Waals surface area contributed by atoms with Gasteiger partial charge in [0.15, 0.2) is 11.7 Å². The fourth-order valence-electron chi connectivity index (χ4n) is 3.80. The smallest absolute Gasteiger partial charge is 0.416 e. The van der Waals surface area contributed by atoms with E-state index in [-0.39, 0.29) is 31.8 Å². The zero-order valence-electron chi connectivity index (χ0n) is 18.2. The Balaban J connectivity index is 1.36. The molecular weight excluding hydrogens is 471 g/mol. The zero-order valence-corrected chi connectivity index (χ0v) is 19.0. The number of amides is 1. The highest BCUT2D eigenvalue weighted by atomic mass is 32.2. The van der Waals surface area contributed by atoms with Gasteiger partial charge in [-0.25, -0.2) is 13.4 Å². The lowest BCUT2D eigenvalue weighted by molar-refractivity contribution is -0.137. The van der Waals surface area contributed by atoms with Gasteiger partial charge in [0.1, 0.15) is 0 Å². The van der Waals surface area contributed by atoms with E-state index >= 15 is 0 Å². The summed E-state index contributed by atoms with van der Waals surface area (Å²) in [6.07, 6.45) is -2.49. The van der Waals surface area contributed by atoms with Gasteiger partial charge in [0, 0.05) is 37.2 Å². The maximum atomic E-state index is 13.0. The summed E-state index contributed by atoms with van der Waals surface area (Å²) >= 11 is 0. The third-order valence-corrected chi connectivity index (χ3v) is 7.58. The average molecular weight is 494 g/mol. The molecule has 2 heterocycles. The number of aromatic nitrogens is 1. The Kier molecular flexibility index (Phi) is 6.50. The van der Waals surface area contributed by atoms with Crippen molar-refractivity contribution in [2.45, 2.75) is 30.8 Å². The van der Waals surface area contributed by atoms with E-state index in [1.165, 1.54) is 0 Å².